The normalized spacial score (nSPS) is 10.8. The van der Waals surface area contributed by atoms with Crippen LogP contribution < -0.4 is 10.3 Å². The molecular formula is C25H22N2O3. The maximum Gasteiger partial charge on any atom is 0.313 e. The molecule has 0 aliphatic heterocycles. The van der Waals surface area contributed by atoms with Crippen LogP contribution in [0.5, 0.6) is 5.75 Å². The van der Waals surface area contributed by atoms with Gasteiger partial charge < -0.3 is 4.74 Å². The molecule has 0 saturated carbocycles. The SMILES string of the molecule is Cc1cccc2c(=O)n(CCC(=O)Oc3ccccc3Cc3ccccc3)cnc12. The number of ether oxygens (including phenoxy) is 1. The van der Waals surface area contributed by atoms with Crippen LogP contribution in [0.25, 0.3) is 10.9 Å². The summed E-state index contributed by atoms with van der Waals surface area (Å²) < 4.78 is 7.07. The first-order chi connectivity index (χ1) is 14.6. The predicted octanol–water partition coefficient (Wildman–Crippen LogP) is 4.29. The van der Waals surface area contributed by atoms with Crippen LogP contribution in [0.4, 0.5) is 0 Å². The lowest BCUT2D eigenvalue weighted by Gasteiger charge is -2.11. The monoisotopic (exact) mass is 398 g/mol. The van der Waals surface area contributed by atoms with E-state index >= 15 is 0 Å². The van der Waals surface area contributed by atoms with Crippen molar-refractivity contribution in [1.29, 1.82) is 0 Å². The number of esters is 1. The van der Waals surface area contributed by atoms with Crippen molar-refractivity contribution in [1.82, 2.24) is 9.55 Å². The molecule has 1 heterocycles. The molecule has 0 amide bonds. The molecule has 30 heavy (non-hydrogen) atoms. The second-order valence-corrected chi connectivity index (χ2v) is 7.21. The highest BCUT2D eigenvalue weighted by atomic mass is 16.5. The molecule has 0 bridgehead atoms. The van der Waals surface area contributed by atoms with Crippen LogP contribution in [0.2, 0.25) is 0 Å². The Bertz CT molecular complexity index is 1250. The zero-order valence-corrected chi connectivity index (χ0v) is 16.7. The molecule has 5 nitrogen and oxygen atoms in total. The van der Waals surface area contributed by atoms with E-state index in [2.05, 4.69) is 4.98 Å². The van der Waals surface area contributed by atoms with Gasteiger partial charge in [0, 0.05) is 13.0 Å². The molecule has 0 unspecified atom stereocenters. The molecule has 0 aliphatic rings. The van der Waals surface area contributed by atoms with Crippen molar-refractivity contribution in [3.8, 4) is 5.75 Å². The van der Waals surface area contributed by atoms with Gasteiger partial charge in [0.25, 0.3) is 5.56 Å². The average molecular weight is 398 g/mol. The number of aryl methyl sites for hydroxylation is 2. The van der Waals surface area contributed by atoms with E-state index in [-0.39, 0.29) is 24.5 Å². The second kappa shape index (κ2) is 8.74. The first-order valence-electron chi connectivity index (χ1n) is 9.89. The van der Waals surface area contributed by atoms with E-state index in [1.165, 1.54) is 10.9 Å². The summed E-state index contributed by atoms with van der Waals surface area (Å²) in [6, 6.07) is 23.1. The van der Waals surface area contributed by atoms with Gasteiger partial charge in [-0.15, -0.1) is 0 Å². The minimum atomic E-state index is -0.383. The van der Waals surface area contributed by atoms with Crippen molar-refractivity contribution in [2.24, 2.45) is 0 Å². The zero-order valence-electron chi connectivity index (χ0n) is 16.7. The molecule has 0 saturated heterocycles. The summed E-state index contributed by atoms with van der Waals surface area (Å²) in [5, 5.41) is 0.555. The number of para-hydroxylation sites is 2. The number of benzene rings is 3. The van der Waals surface area contributed by atoms with Gasteiger partial charge in [0.1, 0.15) is 5.75 Å². The molecule has 0 atom stereocenters. The molecule has 0 fully saturated rings. The molecule has 150 valence electrons. The van der Waals surface area contributed by atoms with Crippen molar-refractivity contribution in [2.75, 3.05) is 0 Å². The highest BCUT2D eigenvalue weighted by Gasteiger charge is 2.12. The van der Waals surface area contributed by atoms with Gasteiger partial charge in [-0.05, 0) is 35.7 Å². The number of nitrogens with zero attached hydrogens (tertiary/aromatic N) is 2. The number of hydrogen-bond donors (Lipinski definition) is 0. The summed E-state index contributed by atoms with van der Waals surface area (Å²) in [5.74, 6) is 0.165. The first-order valence-corrected chi connectivity index (χ1v) is 9.89. The molecule has 4 aromatic rings. The summed E-state index contributed by atoms with van der Waals surface area (Å²) in [6.45, 7) is 2.14. The van der Waals surface area contributed by atoms with Gasteiger partial charge in [-0.1, -0.05) is 60.7 Å². The maximum atomic E-state index is 12.7. The quantitative estimate of drug-likeness (QED) is 0.359. The molecule has 0 spiro atoms. The fraction of sp³-hybridized carbons (Fsp3) is 0.160. The van der Waals surface area contributed by atoms with Crippen LogP contribution in [0.1, 0.15) is 23.1 Å². The average Bonchev–Trinajstić information content (AvgIpc) is 2.76. The van der Waals surface area contributed by atoms with E-state index in [1.807, 2.05) is 67.6 Å². The van der Waals surface area contributed by atoms with E-state index in [0.717, 1.165) is 16.7 Å². The van der Waals surface area contributed by atoms with Crippen molar-refractivity contribution in [3.63, 3.8) is 0 Å². The molecule has 0 N–H and O–H groups in total. The number of carbonyl (C=O) groups is 1. The largest absolute Gasteiger partial charge is 0.426 e. The van der Waals surface area contributed by atoms with Gasteiger partial charge in [-0.25, -0.2) is 4.98 Å². The van der Waals surface area contributed by atoms with Gasteiger partial charge in [0.05, 0.1) is 23.7 Å². The second-order valence-electron chi connectivity index (χ2n) is 7.21. The summed E-state index contributed by atoms with van der Waals surface area (Å²) >= 11 is 0. The topological polar surface area (TPSA) is 61.2 Å². The molecule has 4 rings (SSSR count). The number of fused-ring (bicyclic) bond motifs is 1. The van der Waals surface area contributed by atoms with E-state index in [4.69, 9.17) is 4.74 Å². The van der Waals surface area contributed by atoms with Crippen LogP contribution in [-0.2, 0) is 17.8 Å². The van der Waals surface area contributed by atoms with E-state index in [1.54, 1.807) is 12.1 Å². The summed E-state index contributed by atoms with van der Waals surface area (Å²) in [4.78, 5) is 29.5. The fourth-order valence-electron chi connectivity index (χ4n) is 3.45. The van der Waals surface area contributed by atoms with Crippen LogP contribution in [0.3, 0.4) is 0 Å². The summed E-state index contributed by atoms with van der Waals surface area (Å²) in [6.07, 6.45) is 2.25. The molecule has 0 radical (unpaired) electrons. The Labute approximate surface area is 174 Å². The van der Waals surface area contributed by atoms with Crippen molar-refractivity contribution >= 4 is 16.9 Å². The minimum absolute atomic E-state index is 0.0819. The lowest BCUT2D eigenvalue weighted by molar-refractivity contribution is -0.134. The third-order valence-corrected chi connectivity index (χ3v) is 5.05. The number of aromatic nitrogens is 2. The minimum Gasteiger partial charge on any atom is -0.426 e. The summed E-state index contributed by atoms with van der Waals surface area (Å²) in [7, 11) is 0. The number of carbonyl (C=O) groups excluding carboxylic acids is 1. The number of rotatable bonds is 6. The Hall–Kier alpha value is -3.73. The standard InChI is InChI=1S/C25H22N2O3/c1-18-8-7-12-21-24(18)26-17-27(25(21)29)15-14-23(28)30-22-13-6-5-11-20(22)16-19-9-3-2-4-10-19/h2-13,17H,14-16H2,1H3. The fourth-order valence-corrected chi connectivity index (χ4v) is 3.45. The van der Waals surface area contributed by atoms with E-state index < -0.39 is 0 Å². The lowest BCUT2D eigenvalue weighted by atomic mass is 10.0. The molecular weight excluding hydrogens is 376 g/mol. The highest BCUT2D eigenvalue weighted by Crippen LogP contribution is 2.22. The van der Waals surface area contributed by atoms with Crippen LogP contribution in [-0.4, -0.2) is 15.5 Å². The van der Waals surface area contributed by atoms with Crippen molar-refractivity contribution < 1.29 is 9.53 Å². The Kier molecular flexibility index (Phi) is 5.70. The predicted molar refractivity (Wildman–Crippen MR) is 117 cm³/mol. The lowest BCUT2D eigenvalue weighted by Crippen LogP contribution is -2.23. The Morgan fingerprint density at radius 2 is 1.73 bits per heavy atom. The molecule has 5 heteroatoms. The van der Waals surface area contributed by atoms with E-state index in [0.29, 0.717) is 23.1 Å². The summed E-state index contributed by atoms with van der Waals surface area (Å²) in [5.41, 5.74) is 3.57. The highest BCUT2D eigenvalue weighted by molar-refractivity contribution is 5.80. The van der Waals surface area contributed by atoms with Crippen molar-refractivity contribution in [3.05, 3.63) is 106 Å². The third-order valence-electron chi connectivity index (χ3n) is 5.05. The van der Waals surface area contributed by atoms with Gasteiger partial charge in [0.2, 0.25) is 0 Å². The van der Waals surface area contributed by atoms with Gasteiger partial charge in [-0.2, -0.15) is 0 Å². The third kappa shape index (κ3) is 4.30. The smallest absolute Gasteiger partial charge is 0.313 e. The van der Waals surface area contributed by atoms with Gasteiger partial charge in [-0.3, -0.25) is 14.2 Å². The Morgan fingerprint density at radius 1 is 0.967 bits per heavy atom. The zero-order chi connectivity index (χ0) is 20.9. The maximum absolute atomic E-state index is 12.7. The first kappa shape index (κ1) is 19.6. The van der Waals surface area contributed by atoms with Crippen molar-refractivity contribution in [2.45, 2.75) is 26.3 Å². The Morgan fingerprint density at radius 3 is 2.57 bits per heavy atom. The molecule has 3 aromatic carbocycles. The van der Waals surface area contributed by atoms with Crippen LogP contribution in [0.15, 0.2) is 83.9 Å². The Balaban J connectivity index is 1.46. The van der Waals surface area contributed by atoms with E-state index in [9.17, 15) is 9.59 Å². The molecule has 1 aromatic heterocycles. The van der Waals surface area contributed by atoms with Crippen LogP contribution in [0, 0.1) is 6.92 Å². The van der Waals surface area contributed by atoms with Crippen LogP contribution >= 0.6 is 0 Å². The molecule has 0 aliphatic carbocycles. The van der Waals surface area contributed by atoms with Gasteiger partial charge >= 0.3 is 5.97 Å². The number of hydrogen-bond acceptors (Lipinski definition) is 4. The van der Waals surface area contributed by atoms with Gasteiger partial charge in [0.15, 0.2) is 0 Å².